The van der Waals surface area contributed by atoms with Crippen LogP contribution in [0.3, 0.4) is 0 Å². The molecule has 2 nitrogen and oxygen atoms in total. The van der Waals surface area contributed by atoms with E-state index in [1.54, 1.807) is 0 Å². The van der Waals surface area contributed by atoms with E-state index in [1.807, 2.05) is 0 Å². The molecule has 5 heavy (non-hydrogen) atoms. The molecule has 0 aromatic heterocycles. The Morgan fingerprint density at radius 2 is 0.600 bits per heavy atom. The van der Waals surface area contributed by atoms with Crippen molar-refractivity contribution >= 4 is 10.1 Å². The van der Waals surface area contributed by atoms with E-state index in [-0.39, 0.29) is 47.2 Å². The van der Waals surface area contributed by atoms with Crippen molar-refractivity contribution in [3.8, 4) is 0 Å². The third-order valence-electron chi connectivity index (χ3n) is 0. The van der Waals surface area contributed by atoms with Gasteiger partial charge in [-0.3, -0.25) is 0 Å². The molecule has 5 heteroatoms. The van der Waals surface area contributed by atoms with Gasteiger partial charge >= 0.3 is 10.1 Å². The minimum atomic E-state index is 0. The van der Waals surface area contributed by atoms with E-state index >= 15 is 0 Å². The third-order valence-corrected chi connectivity index (χ3v) is 0. The number of hydrogen-bond acceptors (Lipinski definition) is 0. The van der Waals surface area contributed by atoms with Crippen molar-refractivity contribution in [2.75, 3.05) is 0 Å². The molecule has 0 saturated carbocycles. The fraction of sp³-hybridized carbons (Fsp3) is 0. The van der Waals surface area contributed by atoms with Crippen molar-refractivity contribution < 1.29 is 24.8 Å². The van der Waals surface area contributed by atoms with Gasteiger partial charge in [0, 0.05) is 0 Å². The second-order valence-corrected chi connectivity index (χ2v) is 0. The van der Waals surface area contributed by atoms with Crippen LogP contribution in [0.4, 0.5) is 0 Å². The van der Waals surface area contributed by atoms with Crippen molar-refractivity contribution in [3.63, 3.8) is 0 Å². The second-order valence-electron chi connectivity index (χ2n) is 0. The van der Waals surface area contributed by atoms with Crippen LogP contribution in [0.5, 0.6) is 0 Å². The Bertz CT molecular complexity index is 7.61. The van der Waals surface area contributed by atoms with E-state index in [4.69, 9.17) is 0 Å². The normalized spacial score (nSPS) is 0. The Balaban J connectivity index is 0. The molecular formula is H8BeCl2N2+2. The van der Waals surface area contributed by atoms with Crippen LogP contribution in [0.2, 0.25) is 0 Å². The predicted octanol–water partition coefficient (Wildman–Crippen LogP) is -5.62. The first-order valence-electron chi connectivity index (χ1n) is 0. The molecule has 0 amide bonds. The summed E-state index contributed by atoms with van der Waals surface area (Å²) in [6.07, 6.45) is 0. The molecule has 0 unspecified atom stereocenters. The van der Waals surface area contributed by atoms with Gasteiger partial charge in [-0.2, -0.15) is 0 Å². The van der Waals surface area contributed by atoms with Gasteiger partial charge in [0.1, 0.15) is 0 Å². The van der Waals surface area contributed by atoms with Crippen molar-refractivity contribution in [2.24, 2.45) is 0 Å². The maximum Gasteiger partial charge on any atom is 2.00 e. The summed E-state index contributed by atoms with van der Waals surface area (Å²) in [6.45, 7) is 0. The van der Waals surface area contributed by atoms with Crippen LogP contribution < -0.4 is 37.1 Å². The minimum absolute atomic E-state index is 0. The fourth-order valence-electron chi connectivity index (χ4n) is 0. The fourth-order valence-corrected chi connectivity index (χ4v) is 0. The molecule has 8 N–H and O–H groups in total. The molecule has 0 heterocycles. The Hall–Kier alpha value is 0.669. The molecule has 0 aliphatic heterocycles. The molecule has 0 fully saturated rings. The molecule has 0 atom stereocenters. The van der Waals surface area contributed by atoms with Crippen LogP contribution in [0.25, 0.3) is 0 Å². The molecule has 0 rings (SSSR count). The summed E-state index contributed by atoms with van der Waals surface area (Å²) in [5.74, 6) is 0. The molecule has 0 radical (unpaired) electrons. The van der Waals surface area contributed by atoms with Gasteiger partial charge in [-0.25, -0.2) is 0 Å². The van der Waals surface area contributed by atoms with Gasteiger partial charge in [0.2, 0.25) is 0 Å². The van der Waals surface area contributed by atoms with E-state index in [9.17, 15) is 0 Å². The van der Waals surface area contributed by atoms with Gasteiger partial charge in [0.15, 0.2) is 0 Å². The summed E-state index contributed by atoms with van der Waals surface area (Å²) >= 11 is 0. The molecule has 0 saturated heterocycles. The monoisotopic (exact) mass is 115 g/mol. The van der Waals surface area contributed by atoms with Crippen LogP contribution in [0.1, 0.15) is 0 Å². The van der Waals surface area contributed by atoms with Gasteiger partial charge in [-0.15, -0.1) is 0 Å². The van der Waals surface area contributed by atoms with Crippen LogP contribution in [-0.4, -0.2) is 10.1 Å². The zero-order chi connectivity index (χ0) is 0. The van der Waals surface area contributed by atoms with Crippen molar-refractivity contribution in [3.05, 3.63) is 0 Å². The molecule has 32 valence electrons. The second kappa shape index (κ2) is 140. The van der Waals surface area contributed by atoms with Crippen LogP contribution in [-0.2, 0) is 0 Å². The standard InChI is InChI=1S/Be.2ClH.2H3N/h;2*1H;2*1H3/q+2;;;;. The first-order chi connectivity index (χ1) is 0. The first kappa shape index (κ1) is 276. The number of hydrogen-bond donors (Lipinski definition) is 2. The molecular weight excluding hydrogens is 108 g/mol. The van der Waals surface area contributed by atoms with Crippen molar-refractivity contribution in [1.82, 2.24) is 12.3 Å². The molecule has 0 bridgehead atoms. The van der Waals surface area contributed by atoms with Gasteiger partial charge in [0.25, 0.3) is 0 Å². The molecule has 0 spiro atoms. The van der Waals surface area contributed by atoms with Gasteiger partial charge in [-0.05, 0) is 0 Å². The molecule has 0 aliphatic rings. The number of quaternary nitrogens is 2. The first-order valence-corrected chi connectivity index (χ1v) is 0. The summed E-state index contributed by atoms with van der Waals surface area (Å²) in [6, 6.07) is 0. The summed E-state index contributed by atoms with van der Waals surface area (Å²) < 4.78 is 0. The van der Waals surface area contributed by atoms with E-state index in [2.05, 4.69) is 0 Å². The Morgan fingerprint density at radius 1 is 0.600 bits per heavy atom. The van der Waals surface area contributed by atoms with Crippen LogP contribution >= 0.6 is 0 Å². The van der Waals surface area contributed by atoms with Crippen LogP contribution in [0, 0.1) is 0 Å². The van der Waals surface area contributed by atoms with Crippen molar-refractivity contribution in [2.45, 2.75) is 0 Å². The summed E-state index contributed by atoms with van der Waals surface area (Å²) in [7, 11) is 0. The minimum Gasteiger partial charge on any atom is -1.00 e. The maximum absolute atomic E-state index is 0. The van der Waals surface area contributed by atoms with E-state index in [0.717, 1.165) is 0 Å². The van der Waals surface area contributed by atoms with E-state index in [1.165, 1.54) is 0 Å². The Morgan fingerprint density at radius 3 is 0.600 bits per heavy atom. The van der Waals surface area contributed by atoms with E-state index in [0.29, 0.717) is 0 Å². The van der Waals surface area contributed by atoms with Gasteiger partial charge in [0.05, 0.1) is 0 Å². The zero-order valence-corrected chi connectivity index (χ0v) is 4.97. The van der Waals surface area contributed by atoms with Crippen molar-refractivity contribution in [1.29, 1.82) is 0 Å². The number of halogens is 2. The average molecular weight is 116 g/mol. The maximum atomic E-state index is 0. The van der Waals surface area contributed by atoms with E-state index < -0.39 is 0 Å². The molecule has 0 aromatic carbocycles. The average Bonchev–Trinajstić information content (AvgIpc) is 0. The summed E-state index contributed by atoms with van der Waals surface area (Å²) in [5.41, 5.74) is 0. The largest absolute Gasteiger partial charge is 2.00 e. The zero-order valence-electron chi connectivity index (χ0n) is 3.46. The van der Waals surface area contributed by atoms with Gasteiger partial charge < -0.3 is 37.1 Å². The third kappa shape index (κ3) is 74.3. The quantitative estimate of drug-likeness (QED) is 0.296. The number of rotatable bonds is 0. The summed E-state index contributed by atoms with van der Waals surface area (Å²) in [4.78, 5) is 0. The topological polar surface area (TPSA) is 73.0 Å². The SMILES string of the molecule is [Be+2].[Cl-].[Cl-].[NH4+].[NH4+]. The Kier molecular flexibility index (Phi) is 7760. The predicted molar refractivity (Wildman–Crippen MR) is 17.7 cm³/mol. The smallest absolute Gasteiger partial charge is 1.00 e. The molecule has 0 aromatic rings. The van der Waals surface area contributed by atoms with Crippen LogP contribution in [0.15, 0.2) is 0 Å². The summed E-state index contributed by atoms with van der Waals surface area (Å²) in [5, 5.41) is 0. The molecule has 0 aliphatic carbocycles. The Labute approximate surface area is 47.9 Å². The van der Waals surface area contributed by atoms with Gasteiger partial charge in [-0.1, -0.05) is 0 Å².